The highest BCUT2D eigenvalue weighted by Crippen LogP contribution is 2.53. The summed E-state index contributed by atoms with van der Waals surface area (Å²) in [5, 5.41) is 0. The Bertz CT molecular complexity index is 306. The number of rotatable bonds is 3. The van der Waals surface area contributed by atoms with Crippen molar-refractivity contribution in [3.8, 4) is 0 Å². The Morgan fingerprint density at radius 1 is 1.54 bits per heavy atom. The summed E-state index contributed by atoms with van der Waals surface area (Å²) in [7, 11) is 0. The van der Waals surface area contributed by atoms with Crippen molar-refractivity contribution < 1.29 is 0 Å². The average molecular weight is 261 g/mol. The largest absolute Gasteiger partial charge is 0.330 e. The van der Waals surface area contributed by atoms with Crippen molar-refractivity contribution in [2.75, 3.05) is 6.54 Å². The van der Waals surface area contributed by atoms with E-state index in [4.69, 9.17) is 11.5 Å². The van der Waals surface area contributed by atoms with Gasteiger partial charge >= 0.3 is 0 Å². The van der Waals surface area contributed by atoms with E-state index in [1.807, 2.05) is 6.07 Å². The maximum Gasteiger partial charge on any atom is 0.0701 e. The summed E-state index contributed by atoms with van der Waals surface area (Å²) >= 11 is 5.16. The van der Waals surface area contributed by atoms with Crippen molar-refractivity contribution in [2.45, 2.75) is 18.9 Å². The van der Waals surface area contributed by atoms with E-state index < -0.39 is 0 Å². The summed E-state index contributed by atoms with van der Waals surface area (Å²) in [6, 6.07) is 4.27. The molecule has 1 heterocycles. The van der Waals surface area contributed by atoms with Gasteiger partial charge in [0.15, 0.2) is 0 Å². The van der Waals surface area contributed by atoms with Crippen LogP contribution >= 0.6 is 27.3 Å². The Kier molecular flexibility index (Phi) is 2.49. The molecule has 0 radical (unpaired) electrons. The van der Waals surface area contributed by atoms with Gasteiger partial charge < -0.3 is 11.5 Å². The van der Waals surface area contributed by atoms with Gasteiger partial charge in [0.1, 0.15) is 0 Å². The van der Waals surface area contributed by atoms with Crippen molar-refractivity contribution in [3.05, 3.63) is 20.8 Å². The topological polar surface area (TPSA) is 52.0 Å². The Morgan fingerprint density at radius 3 is 2.62 bits per heavy atom. The molecule has 1 atom stereocenters. The summed E-state index contributed by atoms with van der Waals surface area (Å²) in [6.45, 7) is 0.712. The smallest absolute Gasteiger partial charge is 0.0701 e. The van der Waals surface area contributed by atoms with Gasteiger partial charge in [-0.3, -0.25) is 0 Å². The third-order valence-corrected chi connectivity index (χ3v) is 4.57. The zero-order chi connectivity index (χ0) is 9.47. The molecular weight excluding hydrogens is 248 g/mol. The third-order valence-electron chi connectivity index (χ3n) is 2.86. The van der Waals surface area contributed by atoms with E-state index in [0.717, 1.165) is 3.79 Å². The van der Waals surface area contributed by atoms with Crippen LogP contribution in [0.25, 0.3) is 0 Å². The lowest BCUT2D eigenvalue weighted by Crippen LogP contribution is -2.28. The van der Waals surface area contributed by atoms with Gasteiger partial charge in [-0.15, -0.1) is 11.3 Å². The molecule has 1 unspecified atom stereocenters. The number of nitrogens with two attached hydrogens (primary N) is 2. The maximum atomic E-state index is 6.17. The van der Waals surface area contributed by atoms with Gasteiger partial charge in [0.05, 0.1) is 3.79 Å². The Labute approximate surface area is 90.4 Å². The zero-order valence-electron chi connectivity index (χ0n) is 7.29. The van der Waals surface area contributed by atoms with Crippen LogP contribution in [0.3, 0.4) is 0 Å². The highest BCUT2D eigenvalue weighted by atomic mass is 79.9. The van der Waals surface area contributed by atoms with Crippen molar-refractivity contribution in [1.29, 1.82) is 0 Å². The summed E-state index contributed by atoms with van der Waals surface area (Å²) in [4.78, 5) is 1.25. The minimum atomic E-state index is 0.133. The molecular formula is C9H13BrN2S. The second-order valence-corrected chi connectivity index (χ2v) is 6.18. The van der Waals surface area contributed by atoms with Crippen LogP contribution in [0.5, 0.6) is 0 Å². The minimum Gasteiger partial charge on any atom is -0.330 e. The molecule has 72 valence electrons. The number of thiophene rings is 1. The molecule has 1 aromatic rings. The molecule has 2 rings (SSSR count). The molecule has 0 aliphatic heterocycles. The fourth-order valence-electron chi connectivity index (χ4n) is 1.60. The Morgan fingerprint density at radius 2 is 2.23 bits per heavy atom. The van der Waals surface area contributed by atoms with E-state index in [1.54, 1.807) is 11.3 Å². The number of hydrogen-bond donors (Lipinski definition) is 2. The lowest BCUT2D eigenvalue weighted by atomic mass is 9.96. The van der Waals surface area contributed by atoms with Gasteiger partial charge in [0, 0.05) is 16.3 Å². The predicted octanol–water partition coefficient (Wildman–Crippen LogP) is 2.25. The first-order valence-corrected chi connectivity index (χ1v) is 6.00. The van der Waals surface area contributed by atoms with E-state index >= 15 is 0 Å². The van der Waals surface area contributed by atoms with E-state index in [9.17, 15) is 0 Å². The SMILES string of the molecule is NCC1(C(N)c2ccc(Br)s2)CC1. The molecule has 1 saturated carbocycles. The maximum absolute atomic E-state index is 6.17. The molecule has 1 aliphatic rings. The predicted molar refractivity (Wildman–Crippen MR) is 59.7 cm³/mol. The molecule has 0 spiro atoms. The molecule has 4 heteroatoms. The summed E-state index contributed by atoms with van der Waals surface area (Å²) in [5.41, 5.74) is 12.1. The third kappa shape index (κ3) is 1.68. The van der Waals surface area contributed by atoms with Crippen LogP contribution < -0.4 is 11.5 Å². The monoisotopic (exact) mass is 260 g/mol. The molecule has 1 fully saturated rings. The highest BCUT2D eigenvalue weighted by molar-refractivity contribution is 9.11. The molecule has 2 nitrogen and oxygen atoms in total. The standard InChI is InChI=1S/C9H13BrN2S/c10-7-2-1-6(13-7)8(12)9(5-11)3-4-9/h1-2,8H,3-5,11-12H2. The zero-order valence-corrected chi connectivity index (χ0v) is 9.70. The Balaban J connectivity index is 2.17. The van der Waals surface area contributed by atoms with E-state index in [0.29, 0.717) is 6.54 Å². The molecule has 1 aromatic heterocycles. The minimum absolute atomic E-state index is 0.133. The highest BCUT2D eigenvalue weighted by Gasteiger charge is 2.47. The molecule has 0 amide bonds. The Hall–Kier alpha value is 0.1000. The van der Waals surface area contributed by atoms with E-state index in [-0.39, 0.29) is 11.5 Å². The second-order valence-electron chi connectivity index (χ2n) is 3.69. The molecule has 0 bridgehead atoms. The number of halogens is 1. The van der Waals surface area contributed by atoms with Crippen LogP contribution in [-0.2, 0) is 0 Å². The lowest BCUT2D eigenvalue weighted by molar-refractivity contribution is 0.424. The normalized spacial score (nSPS) is 21.5. The first-order chi connectivity index (χ1) is 6.18. The first-order valence-electron chi connectivity index (χ1n) is 4.39. The fraction of sp³-hybridized carbons (Fsp3) is 0.556. The molecule has 4 N–H and O–H groups in total. The summed E-state index contributed by atoms with van der Waals surface area (Å²) in [6.07, 6.45) is 2.36. The van der Waals surface area contributed by atoms with Crippen LogP contribution in [0.15, 0.2) is 15.9 Å². The van der Waals surface area contributed by atoms with Crippen molar-refractivity contribution >= 4 is 27.3 Å². The first kappa shape index (κ1) is 9.65. The number of hydrogen-bond acceptors (Lipinski definition) is 3. The fourth-order valence-corrected chi connectivity index (χ4v) is 3.17. The van der Waals surface area contributed by atoms with Crippen LogP contribution in [-0.4, -0.2) is 6.54 Å². The molecule has 0 saturated heterocycles. The van der Waals surface area contributed by atoms with Crippen LogP contribution in [0.1, 0.15) is 23.8 Å². The van der Waals surface area contributed by atoms with Crippen molar-refractivity contribution in [1.82, 2.24) is 0 Å². The van der Waals surface area contributed by atoms with Crippen molar-refractivity contribution in [2.24, 2.45) is 16.9 Å². The van der Waals surface area contributed by atoms with E-state index in [1.165, 1.54) is 17.7 Å². The van der Waals surface area contributed by atoms with Gasteiger partial charge in [-0.05, 0) is 47.4 Å². The van der Waals surface area contributed by atoms with Gasteiger partial charge in [-0.2, -0.15) is 0 Å². The quantitative estimate of drug-likeness (QED) is 0.876. The van der Waals surface area contributed by atoms with Gasteiger partial charge in [0.25, 0.3) is 0 Å². The summed E-state index contributed by atoms with van der Waals surface area (Å²) < 4.78 is 1.14. The van der Waals surface area contributed by atoms with Crippen LogP contribution in [0.4, 0.5) is 0 Å². The molecule has 13 heavy (non-hydrogen) atoms. The van der Waals surface area contributed by atoms with Crippen molar-refractivity contribution in [3.63, 3.8) is 0 Å². The van der Waals surface area contributed by atoms with Gasteiger partial charge in [0.2, 0.25) is 0 Å². The second kappa shape index (κ2) is 3.35. The molecule has 0 aromatic carbocycles. The van der Waals surface area contributed by atoms with Gasteiger partial charge in [-0.1, -0.05) is 0 Å². The van der Waals surface area contributed by atoms with Crippen LogP contribution in [0.2, 0.25) is 0 Å². The van der Waals surface area contributed by atoms with Crippen LogP contribution in [0, 0.1) is 5.41 Å². The molecule has 1 aliphatic carbocycles. The van der Waals surface area contributed by atoms with E-state index in [2.05, 4.69) is 22.0 Å². The summed E-state index contributed by atoms with van der Waals surface area (Å²) in [5.74, 6) is 0. The average Bonchev–Trinajstić information content (AvgIpc) is 2.82. The lowest BCUT2D eigenvalue weighted by Gasteiger charge is -2.19. The van der Waals surface area contributed by atoms with Gasteiger partial charge in [-0.25, -0.2) is 0 Å².